The molecule has 0 N–H and O–H groups in total. The van der Waals surface area contributed by atoms with Crippen LogP contribution in [0.25, 0.3) is 0 Å². The Bertz CT molecular complexity index is 207. The molecule has 0 atom stereocenters. The molecule has 0 saturated carbocycles. The number of unbranched alkanes of at least 4 members (excludes halogenated alkanes) is 5. The van der Waals surface area contributed by atoms with E-state index < -0.39 is 0 Å². The third-order valence-corrected chi connectivity index (χ3v) is 2.69. The van der Waals surface area contributed by atoms with Crippen LogP contribution in [0.3, 0.4) is 0 Å². The molecule has 0 aliphatic heterocycles. The van der Waals surface area contributed by atoms with Gasteiger partial charge < -0.3 is 4.74 Å². The molecule has 0 heterocycles. The number of allylic oxidation sites excluding steroid dienone is 1. The van der Waals surface area contributed by atoms with Crippen LogP contribution in [-0.2, 0) is 9.53 Å². The van der Waals surface area contributed by atoms with Crippen LogP contribution >= 0.6 is 0 Å². The van der Waals surface area contributed by atoms with Gasteiger partial charge in [0.2, 0.25) is 0 Å². The van der Waals surface area contributed by atoms with Gasteiger partial charge in [0.25, 0.3) is 0 Å². The zero-order valence-corrected chi connectivity index (χ0v) is 11.7. The highest BCUT2D eigenvalue weighted by Gasteiger charge is 1.95. The lowest BCUT2D eigenvalue weighted by molar-refractivity contribution is -0.137. The summed E-state index contributed by atoms with van der Waals surface area (Å²) >= 11 is 0. The van der Waals surface area contributed by atoms with Gasteiger partial charge in [-0.15, -0.1) is 0 Å². The third-order valence-electron chi connectivity index (χ3n) is 2.69. The fourth-order valence-corrected chi connectivity index (χ4v) is 1.72. The monoisotopic (exact) mass is 240 g/mol. The van der Waals surface area contributed by atoms with E-state index in [-0.39, 0.29) is 5.97 Å². The summed E-state index contributed by atoms with van der Waals surface area (Å²) in [7, 11) is 0. The Balaban J connectivity index is 3.20. The van der Waals surface area contributed by atoms with Gasteiger partial charge in [0.1, 0.15) is 0 Å². The minimum absolute atomic E-state index is 0.218. The van der Waals surface area contributed by atoms with E-state index in [0.717, 1.165) is 12.3 Å². The summed E-state index contributed by atoms with van der Waals surface area (Å²) in [5, 5.41) is 0. The summed E-state index contributed by atoms with van der Waals surface area (Å²) in [6, 6.07) is 0. The Kier molecular flexibility index (Phi) is 11.1. The highest BCUT2D eigenvalue weighted by atomic mass is 16.5. The lowest BCUT2D eigenvalue weighted by Crippen LogP contribution is -1.98. The van der Waals surface area contributed by atoms with Crippen molar-refractivity contribution in [1.29, 1.82) is 0 Å². The van der Waals surface area contributed by atoms with Gasteiger partial charge in [-0.3, -0.25) is 0 Å². The fourth-order valence-electron chi connectivity index (χ4n) is 1.72. The summed E-state index contributed by atoms with van der Waals surface area (Å²) < 4.78 is 4.80. The fraction of sp³-hybridized carbons (Fsp3) is 0.800. The molecule has 2 nitrogen and oxygen atoms in total. The lowest BCUT2D eigenvalue weighted by Gasteiger charge is -2.03. The summed E-state index contributed by atoms with van der Waals surface area (Å²) in [5.41, 5.74) is 0. The average molecular weight is 240 g/mol. The number of rotatable bonds is 10. The van der Waals surface area contributed by atoms with E-state index in [4.69, 9.17) is 4.74 Å². The van der Waals surface area contributed by atoms with Crippen LogP contribution in [0.4, 0.5) is 0 Å². The Morgan fingerprint density at radius 2 is 1.76 bits per heavy atom. The first-order valence-electron chi connectivity index (χ1n) is 7.00. The van der Waals surface area contributed by atoms with Crippen molar-refractivity contribution in [2.45, 2.75) is 65.7 Å². The minimum atomic E-state index is -0.218. The van der Waals surface area contributed by atoms with Crippen molar-refractivity contribution in [2.24, 2.45) is 5.92 Å². The third kappa shape index (κ3) is 13.1. The smallest absolute Gasteiger partial charge is 0.330 e. The van der Waals surface area contributed by atoms with E-state index >= 15 is 0 Å². The molecule has 0 aromatic carbocycles. The largest absolute Gasteiger partial charge is 0.463 e. The normalized spacial score (nSPS) is 11.3. The van der Waals surface area contributed by atoms with Crippen LogP contribution in [0.5, 0.6) is 0 Å². The van der Waals surface area contributed by atoms with E-state index in [1.54, 1.807) is 6.08 Å². The molecule has 0 bridgehead atoms. The number of carbonyl (C=O) groups is 1. The topological polar surface area (TPSA) is 26.3 Å². The van der Waals surface area contributed by atoms with E-state index in [1.807, 2.05) is 13.0 Å². The minimum Gasteiger partial charge on any atom is -0.463 e. The summed E-state index contributed by atoms with van der Waals surface area (Å²) in [5.74, 6) is 0.618. The lowest BCUT2D eigenvalue weighted by atomic mass is 10.0. The van der Waals surface area contributed by atoms with Gasteiger partial charge in [-0.1, -0.05) is 52.0 Å². The van der Waals surface area contributed by atoms with Crippen molar-refractivity contribution in [1.82, 2.24) is 0 Å². The molecule has 100 valence electrons. The SMILES string of the molecule is CCOC(=O)/C=C\CCCCCCCC(C)C. The van der Waals surface area contributed by atoms with Gasteiger partial charge in [-0.05, 0) is 25.7 Å². The molecule has 0 aromatic heterocycles. The van der Waals surface area contributed by atoms with Gasteiger partial charge in [0, 0.05) is 6.08 Å². The predicted molar refractivity (Wildman–Crippen MR) is 72.9 cm³/mol. The average Bonchev–Trinajstić information content (AvgIpc) is 2.27. The first-order chi connectivity index (χ1) is 8.16. The zero-order chi connectivity index (χ0) is 12.9. The molecule has 0 rings (SSSR count). The maximum Gasteiger partial charge on any atom is 0.330 e. The molecule has 0 aliphatic rings. The quantitative estimate of drug-likeness (QED) is 0.319. The van der Waals surface area contributed by atoms with Gasteiger partial charge in [-0.25, -0.2) is 4.79 Å². The number of esters is 1. The standard InChI is InChI=1S/C15H28O2/c1-4-17-15(16)13-11-9-7-5-6-8-10-12-14(2)3/h11,13-14H,4-10,12H2,1-3H3/b13-11-. The van der Waals surface area contributed by atoms with Gasteiger partial charge in [0.15, 0.2) is 0 Å². The van der Waals surface area contributed by atoms with Crippen molar-refractivity contribution < 1.29 is 9.53 Å². The first-order valence-corrected chi connectivity index (χ1v) is 7.00. The van der Waals surface area contributed by atoms with Crippen molar-refractivity contribution in [3.63, 3.8) is 0 Å². The molecule has 0 amide bonds. The van der Waals surface area contributed by atoms with E-state index in [1.165, 1.54) is 38.5 Å². The maximum atomic E-state index is 11.0. The number of hydrogen-bond donors (Lipinski definition) is 0. The van der Waals surface area contributed by atoms with Gasteiger partial charge in [-0.2, -0.15) is 0 Å². The Hall–Kier alpha value is -0.790. The van der Waals surface area contributed by atoms with E-state index in [9.17, 15) is 4.79 Å². The highest BCUT2D eigenvalue weighted by Crippen LogP contribution is 2.11. The Labute approximate surface area is 106 Å². The molecule has 0 unspecified atom stereocenters. The molecule has 2 heteroatoms. The van der Waals surface area contributed by atoms with Crippen LogP contribution in [-0.4, -0.2) is 12.6 Å². The highest BCUT2D eigenvalue weighted by molar-refractivity contribution is 5.81. The number of carbonyl (C=O) groups excluding carboxylic acids is 1. The molecule has 0 aromatic rings. The van der Waals surface area contributed by atoms with Crippen LogP contribution < -0.4 is 0 Å². The van der Waals surface area contributed by atoms with Gasteiger partial charge >= 0.3 is 5.97 Å². The summed E-state index contributed by atoms with van der Waals surface area (Å²) in [6.45, 7) is 6.84. The zero-order valence-electron chi connectivity index (χ0n) is 11.7. The van der Waals surface area contributed by atoms with Crippen LogP contribution in [0.15, 0.2) is 12.2 Å². The van der Waals surface area contributed by atoms with Crippen LogP contribution in [0, 0.1) is 5.92 Å². The number of hydrogen-bond acceptors (Lipinski definition) is 2. The molecule has 0 aliphatic carbocycles. The van der Waals surface area contributed by atoms with Gasteiger partial charge in [0.05, 0.1) is 6.61 Å². The van der Waals surface area contributed by atoms with Crippen LogP contribution in [0.2, 0.25) is 0 Å². The second-order valence-electron chi connectivity index (χ2n) is 4.89. The molecule has 0 fully saturated rings. The van der Waals surface area contributed by atoms with Crippen molar-refractivity contribution in [2.75, 3.05) is 6.61 Å². The van der Waals surface area contributed by atoms with E-state index in [0.29, 0.717) is 6.61 Å². The maximum absolute atomic E-state index is 11.0. The molecule has 0 radical (unpaired) electrons. The summed E-state index contributed by atoms with van der Waals surface area (Å²) in [4.78, 5) is 11.0. The molecular weight excluding hydrogens is 212 g/mol. The van der Waals surface area contributed by atoms with Crippen LogP contribution in [0.1, 0.15) is 65.7 Å². The van der Waals surface area contributed by atoms with Crippen molar-refractivity contribution >= 4 is 5.97 Å². The Morgan fingerprint density at radius 1 is 1.12 bits per heavy atom. The molecule has 17 heavy (non-hydrogen) atoms. The first kappa shape index (κ1) is 16.2. The summed E-state index contributed by atoms with van der Waals surface area (Å²) in [6.07, 6.45) is 12.3. The van der Waals surface area contributed by atoms with Crippen molar-refractivity contribution in [3.8, 4) is 0 Å². The van der Waals surface area contributed by atoms with E-state index in [2.05, 4.69) is 13.8 Å². The Morgan fingerprint density at radius 3 is 2.41 bits per heavy atom. The molecular formula is C15H28O2. The second-order valence-corrected chi connectivity index (χ2v) is 4.89. The van der Waals surface area contributed by atoms with Crippen molar-refractivity contribution in [3.05, 3.63) is 12.2 Å². The molecule has 0 spiro atoms. The molecule has 0 saturated heterocycles. The second kappa shape index (κ2) is 11.7. The predicted octanol–water partition coefficient (Wildman–Crippen LogP) is 4.49. The number of ether oxygens (including phenoxy) is 1.